The lowest BCUT2D eigenvalue weighted by Crippen LogP contribution is -2.10. The monoisotopic (exact) mass is 288 g/mol. The van der Waals surface area contributed by atoms with Gasteiger partial charge < -0.3 is 0 Å². The van der Waals surface area contributed by atoms with Crippen LogP contribution in [0.15, 0.2) is 22.9 Å². The molecule has 0 aliphatic heterocycles. The van der Waals surface area contributed by atoms with Gasteiger partial charge in [0, 0.05) is 6.08 Å². The Morgan fingerprint density at radius 2 is 2.26 bits per heavy atom. The lowest BCUT2D eigenvalue weighted by molar-refractivity contribution is -0.144. The van der Waals surface area contributed by atoms with E-state index in [1.165, 1.54) is 23.5 Å². The van der Waals surface area contributed by atoms with Crippen molar-refractivity contribution in [2.75, 3.05) is 5.32 Å². The number of H-pyrrole nitrogens is 1. The summed E-state index contributed by atoms with van der Waals surface area (Å²) >= 11 is 1.46. The normalized spacial score (nSPS) is 11.9. The van der Waals surface area contributed by atoms with Crippen LogP contribution in [-0.4, -0.2) is 21.1 Å². The molecule has 0 spiro atoms. The highest BCUT2D eigenvalue weighted by atomic mass is 32.1. The predicted molar refractivity (Wildman–Crippen MR) is 63.4 cm³/mol. The third-order valence-corrected chi connectivity index (χ3v) is 2.66. The standard InChI is InChI=1S/C10H7F3N4OS/c11-10(12,13)8-15-9(17-16-8)14-7(18)2-1-6-3-4-19-5-6/h1-5H,(H2,14,15,16,17,18). The molecule has 0 aliphatic rings. The topological polar surface area (TPSA) is 70.7 Å². The van der Waals surface area contributed by atoms with Gasteiger partial charge in [0.2, 0.25) is 11.8 Å². The Balaban J connectivity index is 1.98. The number of thiophene rings is 1. The summed E-state index contributed by atoms with van der Waals surface area (Å²) in [5.74, 6) is -2.30. The summed E-state index contributed by atoms with van der Waals surface area (Å²) in [5.41, 5.74) is 0.825. The molecular weight excluding hydrogens is 281 g/mol. The summed E-state index contributed by atoms with van der Waals surface area (Å²) in [6, 6.07) is 1.79. The smallest absolute Gasteiger partial charge is 0.290 e. The number of nitrogens with one attached hydrogen (secondary N) is 2. The van der Waals surface area contributed by atoms with Crippen LogP contribution in [0.3, 0.4) is 0 Å². The number of nitrogens with zero attached hydrogens (tertiary/aromatic N) is 2. The second-order valence-corrected chi connectivity index (χ2v) is 4.16. The van der Waals surface area contributed by atoms with E-state index in [0.717, 1.165) is 5.56 Å². The zero-order valence-electron chi connectivity index (χ0n) is 9.23. The molecule has 5 nitrogen and oxygen atoms in total. The lowest BCUT2D eigenvalue weighted by Gasteiger charge is -1.98. The van der Waals surface area contributed by atoms with Crippen LogP contribution in [-0.2, 0) is 11.0 Å². The van der Waals surface area contributed by atoms with E-state index in [0.29, 0.717) is 0 Å². The van der Waals surface area contributed by atoms with Gasteiger partial charge in [-0.25, -0.2) is 0 Å². The molecule has 19 heavy (non-hydrogen) atoms. The van der Waals surface area contributed by atoms with Crippen molar-refractivity contribution in [1.29, 1.82) is 0 Å². The molecule has 0 atom stereocenters. The van der Waals surface area contributed by atoms with E-state index in [1.54, 1.807) is 11.2 Å². The number of carbonyl (C=O) groups is 1. The Labute approximate surface area is 109 Å². The Hall–Kier alpha value is -2.16. The highest BCUT2D eigenvalue weighted by Gasteiger charge is 2.35. The average molecular weight is 288 g/mol. The maximum absolute atomic E-state index is 12.2. The van der Waals surface area contributed by atoms with Crippen molar-refractivity contribution >= 4 is 29.3 Å². The number of rotatable bonds is 3. The van der Waals surface area contributed by atoms with Crippen molar-refractivity contribution in [2.45, 2.75) is 6.18 Å². The third kappa shape index (κ3) is 3.65. The summed E-state index contributed by atoms with van der Waals surface area (Å²) < 4.78 is 36.6. The number of amides is 1. The summed E-state index contributed by atoms with van der Waals surface area (Å²) in [6.45, 7) is 0. The molecule has 9 heteroatoms. The van der Waals surface area contributed by atoms with Gasteiger partial charge in [-0.15, -0.1) is 5.10 Å². The minimum atomic E-state index is -4.62. The van der Waals surface area contributed by atoms with Crippen LogP contribution >= 0.6 is 11.3 Å². The van der Waals surface area contributed by atoms with Crippen LogP contribution in [0.4, 0.5) is 19.1 Å². The van der Waals surface area contributed by atoms with E-state index in [9.17, 15) is 18.0 Å². The van der Waals surface area contributed by atoms with E-state index in [1.807, 2.05) is 10.8 Å². The van der Waals surface area contributed by atoms with Crippen LogP contribution in [0.5, 0.6) is 0 Å². The minimum absolute atomic E-state index is 0.424. The fourth-order valence-electron chi connectivity index (χ4n) is 1.14. The number of alkyl halides is 3. The van der Waals surface area contributed by atoms with Crippen molar-refractivity contribution in [2.24, 2.45) is 0 Å². The summed E-state index contributed by atoms with van der Waals surface area (Å²) in [4.78, 5) is 14.5. The molecular formula is C10H7F3N4OS. The van der Waals surface area contributed by atoms with E-state index in [2.05, 4.69) is 15.4 Å². The van der Waals surface area contributed by atoms with Crippen LogP contribution in [0.25, 0.3) is 6.08 Å². The van der Waals surface area contributed by atoms with Crippen LogP contribution in [0.2, 0.25) is 0 Å². The fourth-order valence-corrected chi connectivity index (χ4v) is 1.77. The second kappa shape index (κ2) is 5.22. The van der Waals surface area contributed by atoms with E-state index < -0.39 is 23.9 Å². The molecule has 2 aromatic rings. The van der Waals surface area contributed by atoms with Gasteiger partial charge in [-0.05, 0) is 28.5 Å². The average Bonchev–Trinajstić information content (AvgIpc) is 2.95. The van der Waals surface area contributed by atoms with Gasteiger partial charge in [0.1, 0.15) is 0 Å². The molecule has 2 heterocycles. The maximum atomic E-state index is 12.2. The Bertz CT molecular complexity index is 588. The van der Waals surface area contributed by atoms with Gasteiger partial charge in [-0.1, -0.05) is 0 Å². The van der Waals surface area contributed by atoms with Gasteiger partial charge in [0.25, 0.3) is 5.91 Å². The minimum Gasteiger partial charge on any atom is -0.290 e. The summed E-state index contributed by atoms with van der Waals surface area (Å²) in [6.07, 6.45) is -1.91. The molecule has 0 saturated heterocycles. The van der Waals surface area contributed by atoms with Gasteiger partial charge in [-0.2, -0.15) is 29.5 Å². The quantitative estimate of drug-likeness (QED) is 0.853. The molecule has 0 bridgehead atoms. The summed E-state index contributed by atoms with van der Waals surface area (Å²) in [5, 5.41) is 10.7. The molecule has 2 rings (SSSR count). The van der Waals surface area contributed by atoms with E-state index in [4.69, 9.17) is 0 Å². The molecule has 2 N–H and O–H groups in total. The SMILES string of the molecule is O=C(C=Cc1ccsc1)Nc1n[nH]c(C(F)(F)F)n1. The highest BCUT2D eigenvalue weighted by molar-refractivity contribution is 7.08. The number of hydrogen-bond donors (Lipinski definition) is 2. The number of aromatic amines is 1. The summed E-state index contributed by atoms with van der Waals surface area (Å²) in [7, 11) is 0. The molecule has 100 valence electrons. The van der Waals surface area contributed by atoms with Gasteiger partial charge >= 0.3 is 6.18 Å². The van der Waals surface area contributed by atoms with Crippen LogP contribution in [0, 0.1) is 0 Å². The molecule has 0 fully saturated rings. The van der Waals surface area contributed by atoms with Gasteiger partial charge in [-0.3, -0.25) is 15.2 Å². The number of anilines is 1. The van der Waals surface area contributed by atoms with E-state index >= 15 is 0 Å². The Kier molecular flexibility index (Phi) is 3.65. The van der Waals surface area contributed by atoms with Crippen molar-refractivity contribution in [3.63, 3.8) is 0 Å². The first kappa shape index (κ1) is 13.3. The number of halogens is 3. The highest BCUT2D eigenvalue weighted by Crippen LogP contribution is 2.26. The number of hydrogen-bond acceptors (Lipinski definition) is 4. The molecule has 0 aromatic carbocycles. The third-order valence-electron chi connectivity index (χ3n) is 1.96. The number of carbonyl (C=O) groups excluding carboxylic acids is 1. The fraction of sp³-hybridized carbons (Fsp3) is 0.100. The second-order valence-electron chi connectivity index (χ2n) is 3.38. The predicted octanol–water partition coefficient (Wildman–Crippen LogP) is 2.54. The van der Waals surface area contributed by atoms with Crippen molar-refractivity contribution in [1.82, 2.24) is 15.2 Å². The van der Waals surface area contributed by atoms with E-state index in [-0.39, 0.29) is 0 Å². The molecule has 1 amide bonds. The van der Waals surface area contributed by atoms with Gasteiger partial charge in [0.15, 0.2) is 0 Å². The lowest BCUT2D eigenvalue weighted by atomic mass is 10.3. The van der Waals surface area contributed by atoms with Crippen molar-refractivity contribution in [3.05, 3.63) is 34.3 Å². The maximum Gasteiger partial charge on any atom is 0.451 e. The van der Waals surface area contributed by atoms with Gasteiger partial charge in [0.05, 0.1) is 0 Å². The Morgan fingerprint density at radius 1 is 1.47 bits per heavy atom. The van der Waals surface area contributed by atoms with Crippen LogP contribution < -0.4 is 5.32 Å². The first-order valence-corrected chi connectivity index (χ1v) is 5.90. The number of aromatic nitrogens is 3. The van der Waals surface area contributed by atoms with Crippen molar-refractivity contribution in [3.8, 4) is 0 Å². The molecule has 0 radical (unpaired) electrons. The molecule has 0 aliphatic carbocycles. The first-order chi connectivity index (χ1) is 8.95. The van der Waals surface area contributed by atoms with Crippen LogP contribution in [0.1, 0.15) is 11.4 Å². The first-order valence-electron chi connectivity index (χ1n) is 4.96. The largest absolute Gasteiger partial charge is 0.451 e. The van der Waals surface area contributed by atoms with Crippen molar-refractivity contribution < 1.29 is 18.0 Å². The molecule has 0 unspecified atom stereocenters. The molecule has 0 saturated carbocycles. The Morgan fingerprint density at radius 3 is 2.84 bits per heavy atom. The molecule has 2 aromatic heterocycles. The zero-order chi connectivity index (χ0) is 13.9. The zero-order valence-corrected chi connectivity index (χ0v) is 10.0.